The first-order valence-corrected chi connectivity index (χ1v) is 7.22. The van der Waals surface area contributed by atoms with Crippen molar-refractivity contribution in [3.63, 3.8) is 0 Å². The molecule has 0 saturated carbocycles. The van der Waals surface area contributed by atoms with Gasteiger partial charge in [0.15, 0.2) is 0 Å². The molecule has 1 aliphatic heterocycles. The zero-order valence-electron chi connectivity index (χ0n) is 13.1. The highest BCUT2D eigenvalue weighted by Gasteiger charge is 2.40. The van der Waals surface area contributed by atoms with E-state index in [4.69, 9.17) is 5.84 Å². The summed E-state index contributed by atoms with van der Waals surface area (Å²) in [4.78, 5) is 23.1. The topological polar surface area (TPSA) is 96.2 Å². The van der Waals surface area contributed by atoms with Gasteiger partial charge in [-0.2, -0.15) is 0 Å². The van der Waals surface area contributed by atoms with E-state index < -0.39 is 0 Å². The van der Waals surface area contributed by atoms with Gasteiger partial charge in [-0.3, -0.25) is 4.79 Å². The fourth-order valence-corrected chi connectivity index (χ4v) is 2.59. The lowest BCUT2D eigenvalue weighted by molar-refractivity contribution is -0.128. The standard InChI is InChI=1S/C14H24N6O/c1-9(2)12-17-10(19-15)7-11(18-12)20-6-5-14(3,8-20)13(21)16-4/h7,9H,5-6,8,15H2,1-4H3,(H,16,21)(H,17,18,19). The number of amides is 1. The molecule has 2 rings (SSSR count). The van der Waals surface area contributed by atoms with Crippen LogP contribution in [0, 0.1) is 5.41 Å². The Balaban J connectivity index is 2.27. The third-order valence-corrected chi connectivity index (χ3v) is 3.97. The van der Waals surface area contributed by atoms with Crippen molar-refractivity contribution in [1.29, 1.82) is 0 Å². The molecule has 0 aromatic carbocycles. The van der Waals surface area contributed by atoms with E-state index in [0.29, 0.717) is 12.4 Å². The third-order valence-electron chi connectivity index (χ3n) is 3.97. The minimum Gasteiger partial charge on any atom is -0.359 e. The number of carbonyl (C=O) groups is 1. The van der Waals surface area contributed by atoms with Gasteiger partial charge in [-0.05, 0) is 13.3 Å². The number of hydrogen-bond donors (Lipinski definition) is 3. The molecule has 1 aromatic rings. The number of anilines is 2. The largest absolute Gasteiger partial charge is 0.359 e. The zero-order valence-corrected chi connectivity index (χ0v) is 13.1. The molecule has 1 saturated heterocycles. The molecule has 1 aromatic heterocycles. The Morgan fingerprint density at radius 2 is 2.19 bits per heavy atom. The summed E-state index contributed by atoms with van der Waals surface area (Å²) < 4.78 is 0. The van der Waals surface area contributed by atoms with Crippen LogP contribution in [0.1, 0.15) is 38.9 Å². The molecular weight excluding hydrogens is 268 g/mol. The van der Waals surface area contributed by atoms with Crippen LogP contribution in [-0.2, 0) is 4.79 Å². The number of nitrogens with one attached hydrogen (secondary N) is 2. The highest BCUT2D eigenvalue weighted by Crippen LogP contribution is 2.33. The summed E-state index contributed by atoms with van der Waals surface area (Å²) in [5, 5.41) is 2.74. The fraction of sp³-hybridized carbons (Fsp3) is 0.643. The number of aromatic nitrogens is 2. The molecule has 7 heteroatoms. The van der Waals surface area contributed by atoms with Gasteiger partial charge >= 0.3 is 0 Å². The quantitative estimate of drug-likeness (QED) is 0.562. The Morgan fingerprint density at radius 3 is 2.76 bits per heavy atom. The van der Waals surface area contributed by atoms with Crippen LogP contribution in [0.4, 0.5) is 11.6 Å². The summed E-state index contributed by atoms with van der Waals surface area (Å²) in [6.07, 6.45) is 0.805. The third kappa shape index (κ3) is 3.07. The molecule has 21 heavy (non-hydrogen) atoms. The van der Waals surface area contributed by atoms with Crippen LogP contribution in [0.3, 0.4) is 0 Å². The van der Waals surface area contributed by atoms with Gasteiger partial charge in [0.1, 0.15) is 17.5 Å². The minimum absolute atomic E-state index is 0.0697. The van der Waals surface area contributed by atoms with Crippen molar-refractivity contribution in [1.82, 2.24) is 15.3 Å². The average molecular weight is 292 g/mol. The van der Waals surface area contributed by atoms with Crippen LogP contribution in [0.15, 0.2) is 6.07 Å². The lowest BCUT2D eigenvalue weighted by atomic mass is 9.89. The van der Waals surface area contributed by atoms with Gasteiger partial charge in [0.2, 0.25) is 5.91 Å². The summed E-state index contributed by atoms with van der Waals surface area (Å²) in [5.74, 6) is 7.92. The molecule has 1 amide bonds. The van der Waals surface area contributed by atoms with Crippen LogP contribution in [-0.4, -0.2) is 36.0 Å². The van der Waals surface area contributed by atoms with Crippen LogP contribution >= 0.6 is 0 Å². The number of nitrogen functional groups attached to an aromatic ring is 1. The van der Waals surface area contributed by atoms with Gasteiger partial charge in [0.05, 0.1) is 5.41 Å². The van der Waals surface area contributed by atoms with Gasteiger partial charge in [0.25, 0.3) is 0 Å². The smallest absolute Gasteiger partial charge is 0.227 e. The highest BCUT2D eigenvalue weighted by molar-refractivity contribution is 5.83. The molecule has 2 heterocycles. The van der Waals surface area contributed by atoms with Crippen molar-refractivity contribution in [2.24, 2.45) is 11.3 Å². The molecule has 1 atom stereocenters. The summed E-state index contributed by atoms with van der Waals surface area (Å²) in [7, 11) is 1.67. The first-order chi connectivity index (χ1) is 9.89. The summed E-state index contributed by atoms with van der Waals surface area (Å²) in [5.41, 5.74) is 2.20. The van der Waals surface area contributed by atoms with Crippen molar-refractivity contribution >= 4 is 17.5 Å². The maximum Gasteiger partial charge on any atom is 0.227 e. The van der Waals surface area contributed by atoms with Gasteiger partial charge < -0.3 is 15.6 Å². The van der Waals surface area contributed by atoms with Crippen LogP contribution < -0.4 is 21.5 Å². The number of hydrazine groups is 1. The van der Waals surface area contributed by atoms with Gasteiger partial charge in [-0.1, -0.05) is 13.8 Å². The molecule has 4 N–H and O–H groups in total. The van der Waals surface area contributed by atoms with E-state index in [0.717, 1.165) is 24.6 Å². The molecular formula is C14H24N6O. The van der Waals surface area contributed by atoms with E-state index in [9.17, 15) is 4.79 Å². The number of hydrogen-bond acceptors (Lipinski definition) is 6. The molecule has 7 nitrogen and oxygen atoms in total. The van der Waals surface area contributed by atoms with Crippen molar-refractivity contribution in [3.05, 3.63) is 11.9 Å². The Kier molecular flexibility index (Phi) is 4.32. The predicted octanol–water partition coefficient (Wildman–Crippen LogP) is 0.848. The summed E-state index contributed by atoms with van der Waals surface area (Å²) in [6.45, 7) is 7.50. The molecule has 0 bridgehead atoms. The van der Waals surface area contributed by atoms with E-state index >= 15 is 0 Å². The van der Waals surface area contributed by atoms with E-state index in [1.165, 1.54) is 0 Å². The molecule has 1 fully saturated rings. The Hall–Kier alpha value is -1.89. The number of carbonyl (C=O) groups excluding carboxylic acids is 1. The molecule has 1 unspecified atom stereocenters. The number of nitrogens with zero attached hydrogens (tertiary/aromatic N) is 3. The maximum atomic E-state index is 12.0. The maximum absolute atomic E-state index is 12.0. The second-order valence-electron chi connectivity index (χ2n) is 6.08. The first-order valence-electron chi connectivity index (χ1n) is 7.22. The Bertz CT molecular complexity index is 532. The minimum atomic E-state index is -0.381. The SMILES string of the molecule is CNC(=O)C1(C)CCN(c2cc(NN)nc(C(C)C)n2)C1. The first kappa shape index (κ1) is 15.5. The predicted molar refractivity (Wildman–Crippen MR) is 82.9 cm³/mol. The van der Waals surface area contributed by atoms with Crippen molar-refractivity contribution in [2.75, 3.05) is 30.5 Å². The summed E-state index contributed by atoms with van der Waals surface area (Å²) >= 11 is 0. The van der Waals surface area contributed by atoms with Gasteiger partial charge in [0, 0.05) is 32.1 Å². The van der Waals surface area contributed by atoms with E-state index in [1.54, 1.807) is 7.05 Å². The number of rotatable bonds is 4. The monoisotopic (exact) mass is 292 g/mol. The van der Waals surface area contributed by atoms with Crippen molar-refractivity contribution in [2.45, 2.75) is 33.1 Å². The highest BCUT2D eigenvalue weighted by atomic mass is 16.2. The van der Waals surface area contributed by atoms with Gasteiger partial charge in [-0.15, -0.1) is 0 Å². The Morgan fingerprint density at radius 1 is 1.48 bits per heavy atom. The lowest BCUT2D eigenvalue weighted by Crippen LogP contribution is -2.39. The Labute approximate surface area is 125 Å². The van der Waals surface area contributed by atoms with Gasteiger partial charge in [-0.25, -0.2) is 15.8 Å². The van der Waals surface area contributed by atoms with Crippen LogP contribution in [0.25, 0.3) is 0 Å². The fourth-order valence-electron chi connectivity index (χ4n) is 2.59. The normalized spacial score (nSPS) is 21.7. The average Bonchev–Trinajstić information content (AvgIpc) is 2.89. The lowest BCUT2D eigenvalue weighted by Gasteiger charge is -2.24. The van der Waals surface area contributed by atoms with E-state index in [-0.39, 0.29) is 17.2 Å². The molecule has 0 aliphatic carbocycles. The summed E-state index contributed by atoms with van der Waals surface area (Å²) in [6, 6.07) is 1.82. The van der Waals surface area contributed by atoms with Crippen LogP contribution in [0.2, 0.25) is 0 Å². The molecule has 1 aliphatic rings. The molecule has 0 spiro atoms. The second kappa shape index (κ2) is 5.85. The molecule has 116 valence electrons. The van der Waals surface area contributed by atoms with Crippen molar-refractivity contribution < 1.29 is 4.79 Å². The van der Waals surface area contributed by atoms with Crippen molar-refractivity contribution in [3.8, 4) is 0 Å². The van der Waals surface area contributed by atoms with E-state index in [1.807, 2.05) is 26.8 Å². The molecule has 0 radical (unpaired) electrons. The zero-order chi connectivity index (χ0) is 15.6. The number of nitrogens with two attached hydrogens (primary N) is 1. The van der Waals surface area contributed by atoms with E-state index in [2.05, 4.69) is 25.6 Å². The second-order valence-corrected chi connectivity index (χ2v) is 6.08. The van der Waals surface area contributed by atoms with Crippen LogP contribution in [0.5, 0.6) is 0 Å².